The molecule has 0 saturated carbocycles. The average molecular weight is 404 g/mol. The number of rotatable bonds is 2. The number of likely N-dealkylation sites (tertiary alicyclic amines) is 1. The zero-order valence-corrected chi connectivity index (χ0v) is 15.1. The molecular weight excluding hydrogens is 389 g/mol. The maximum absolute atomic E-state index is 13.1. The molecule has 1 aromatic carbocycles. The molecule has 2 N–H and O–H groups in total. The van der Waals surface area contributed by atoms with Crippen molar-refractivity contribution in [3.05, 3.63) is 53.2 Å². The summed E-state index contributed by atoms with van der Waals surface area (Å²) in [6.07, 6.45) is -4.59. The number of carboxylic acids is 1. The third kappa shape index (κ3) is 4.22. The molecule has 150 valence electrons. The van der Waals surface area contributed by atoms with E-state index in [1.165, 1.54) is 23.1 Å². The normalized spacial score (nSPS) is 19.1. The third-order valence-corrected chi connectivity index (χ3v) is 4.45. The fourth-order valence-electron chi connectivity index (χ4n) is 2.85. The standard InChI is InChI=1S/C20H15F3N2O4/c1-25-8-7-19(29,18(25)28)6-5-12-3-2-4-13(9-12)15-10-14(20(21,22)23)11-16(24-15)17(26)27/h2-4,9-11,29H,7-8H2,1H3,(H,26,27)/t19-/m0/s1. The van der Waals surface area contributed by atoms with Crippen LogP contribution in [-0.4, -0.2) is 51.2 Å². The van der Waals surface area contributed by atoms with Gasteiger partial charge < -0.3 is 15.1 Å². The van der Waals surface area contributed by atoms with Gasteiger partial charge in [0.2, 0.25) is 5.60 Å². The zero-order chi connectivity index (χ0) is 21.4. The summed E-state index contributed by atoms with van der Waals surface area (Å²) in [5, 5.41) is 19.4. The Kier molecular flexibility index (Phi) is 5.07. The first-order valence-electron chi connectivity index (χ1n) is 8.44. The summed E-state index contributed by atoms with van der Waals surface area (Å²) in [6.45, 7) is 0.357. The van der Waals surface area contributed by atoms with Gasteiger partial charge in [0.15, 0.2) is 0 Å². The van der Waals surface area contributed by atoms with Crippen LogP contribution in [0.5, 0.6) is 0 Å². The topological polar surface area (TPSA) is 90.7 Å². The van der Waals surface area contributed by atoms with Crippen molar-refractivity contribution >= 4 is 11.9 Å². The van der Waals surface area contributed by atoms with E-state index in [1.54, 1.807) is 13.1 Å². The van der Waals surface area contributed by atoms with E-state index in [4.69, 9.17) is 5.11 Å². The number of alkyl halides is 3. The first-order valence-corrected chi connectivity index (χ1v) is 8.44. The molecule has 2 heterocycles. The highest BCUT2D eigenvalue weighted by Crippen LogP contribution is 2.32. The van der Waals surface area contributed by atoms with Crippen LogP contribution in [0.3, 0.4) is 0 Å². The van der Waals surface area contributed by atoms with E-state index in [9.17, 15) is 27.9 Å². The van der Waals surface area contributed by atoms with Gasteiger partial charge in [-0.15, -0.1) is 0 Å². The Bertz CT molecular complexity index is 1060. The summed E-state index contributed by atoms with van der Waals surface area (Å²) in [7, 11) is 1.54. The number of carbonyl (C=O) groups is 2. The fraction of sp³-hybridized carbons (Fsp3) is 0.250. The highest BCUT2D eigenvalue weighted by Gasteiger charge is 2.42. The number of benzene rings is 1. The van der Waals surface area contributed by atoms with E-state index in [0.717, 1.165) is 6.07 Å². The predicted octanol–water partition coefficient (Wildman–Crippen LogP) is 2.41. The maximum atomic E-state index is 13.1. The summed E-state index contributed by atoms with van der Waals surface area (Å²) in [6, 6.07) is 7.15. The zero-order valence-electron chi connectivity index (χ0n) is 15.1. The lowest BCUT2D eigenvalue weighted by atomic mass is 10.0. The van der Waals surface area contributed by atoms with Gasteiger partial charge in [-0.1, -0.05) is 24.0 Å². The molecule has 1 aromatic heterocycles. The van der Waals surface area contributed by atoms with E-state index in [1.807, 2.05) is 0 Å². The highest BCUT2D eigenvalue weighted by molar-refractivity contribution is 5.90. The Morgan fingerprint density at radius 3 is 2.59 bits per heavy atom. The van der Waals surface area contributed by atoms with Gasteiger partial charge in [-0.25, -0.2) is 9.78 Å². The average Bonchev–Trinajstić information content (AvgIpc) is 2.93. The molecule has 2 aromatic rings. The Labute approximate surface area is 163 Å². The minimum atomic E-state index is -4.74. The number of aliphatic hydroxyl groups is 1. The second-order valence-corrected chi connectivity index (χ2v) is 6.60. The van der Waals surface area contributed by atoms with Gasteiger partial charge in [-0.2, -0.15) is 13.2 Å². The number of hydrogen-bond acceptors (Lipinski definition) is 4. The number of carboxylic acid groups (broad SMARTS) is 1. The van der Waals surface area contributed by atoms with Gasteiger partial charge in [0.1, 0.15) is 5.69 Å². The quantitative estimate of drug-likeness (QED) is 0.751. The van der Waals surface area contributed by atoms with Crippen LogP contribution < -0.4 is 0 Å². The van der Waals surface area contributed by atoms with Gasteiger partial charge >= 0.3 is 12.1 Å². The number of likely N-dealkylation sites (N-methyl/N-ethyl adjacent to an activating group) is 1. The Hall–Kier alpha value is -3.38. The Morgan fingerprint density at radius 1 is 1.28 bits per heavy atom. The lowest BCUT2D eigenvalue weighted by Crippen LogP contribution is -2.37. The molecule has 0 spiro atoms. The smallest absolute Gasteiger partial charge is 0.416 e. The van der Waals surface area contributed by atoms with Gasteiger partial charge in [0, 0.05) is 31.1 Å². The lowest BCUT2D eigenvalue weighted by molar-refractivity contribution is -0.138. The van der Waals surface area contributed by atoms with Crippen molar-refractivity contribution in [2.24, 2.45) is 0 Å². The van der Waals surface area contributed by atoms with Crippen molar-refractivity contribution in [2.75, 3.05) is 13.6 Å². The van der Waals surface area contributed by atoms with Crippen molar-refractivity contribution in [3.63, 3.8) is 0 Å². The van der Waals surface area contributed by atoms with Crippen molar-refractivity contribution in [2.45, 2.75) is 18.2 Å². The monoisotopic (exact) mass is 404 g/mol. The second-order valence-electron chi connectivity index (χ2n) is 6.60. The van der Waals surface area contributed by atoms with Crippen molar-refractivity contribution in [1.29, 1.82) is 0 Å². The van der Waals surface area contributed by atoms with Crippen LogP contribution in [0.2, 0.25) is 0 Å². The molecule has 3 rings (SSSR count). The molecular formula is C20H15F3N2O4. The van der Waals surface area contributed by atoms with E-state index in [2.05, 4.69) is 16.8 Å². The minimum absolute atomic E-state index is 0.145. The van der Waals surface area contributed by atoms with Crippen molar-refractivity contribution in [3.8, 4) is 23.1 Å². The minimum Gasteiger partial charge on any atom is -0.477 e. The van der Waals surface area contributed by atoms with Gasteiger partial charge in [0.05, 0.1) is 11.3 Å². The number of nitrogens with zero attached hydrogens (tertiary/aromatic N) is 2. The van der Waals surface area contributed by atoms with Crippen LogP contribution in [0.4, 0.5) is 13.2 Å². The molecule has 1 amide bonds. The predicted molar refractivity (Wildman–Crippen MR) is 95.7 cm³/mol. The number of pyridine rings is 1. The largest absolute Gasteiger partial charge is 0.477 e. The Balaban J connectivity index is 2.01. The second kappa shape index (κ2) is 7.22. The number of halogens is 3. The molecule has 1 saturated heterocycles. The van der Waals surface area contributed by atoms with Crippen molar-refractivity contribution < 1.29 is 33.0 Å². The van der Waals surface area contributed by atoms with Crippen LogP contribution in [0, 0.1) is 11.8 Å². The molecule has 1 aliphatic rings. The summed E-state index contributed by atoms with van der Waals surface area (Å²) >= 11 is 0. The van der Waals surface area contributed by atoms with Gasteiger partial charge in [-0.05, 0) is 24.3 Å². The van der Waals surface area contributed by atoms with E-state index in [-0.39, 0.29) is 17.7 Å². The molecule has 29 heavy (non-hydrogen) atoms. The molecule has 0 bridgehead atoms. The third-order valence-electron chi connectivity index (χ3n) is 4.45. The fourth-order valence-corrected chi connectivity index (χ4v) is 2.85. The highest BCUT2D eigenvalue weighted by atomic mass is 19.4. The molecule has 6 nitrogen and oxygen atoms in total. The molecule has 1 fully saturated rings. The summed E-state index contributed by atoms with van der Waals surface area (Å²) in [5.41, 5.74) is -3.32. The van der Waals surface area contributed by atoms with Crippen LogP contribution in [0.15, 0.2) is 36.4 Å². The summed E-state index contributed by atoms with van der Waals surface area (Å²) in [5.74, 6) is 3.07. The maximum Gasteiger partial charge on any atom is 0.416 e. The summed E-state index contributed by atoms with van der Waals surface area (Å²) in [4.78, 5) is 28.3. The number of hydrogen-bond donors (Lipinski definition) is 2. The first-order chi connectivity index (χ1) is 13.5. The summed E-state index contributed by atoms with van der Waals surface area (Å²) < 4.78 is 39.3. The SMILES string of the molecule is CN1CC[C@@](O)(C#Cc2cccc(-c3cc(C(F)(F)F)cc(C(=O)O)n3)c2)C1=O. The molecule has 9 heteroatoms. The molecule has 1 aliphatic heterocycles. The van der Waals surface area contributed by atoms with Crippen molar-refractivity contribution in [1.82, 2.24) is 9.88 Å². The number of aromatic nitrogens is 1. The van der Waals surface area contributed by atoms with E-state index >= 15 is 0 Å². The van der Waals surface area contributed by atoms with Gasteiger partial charge in [0.25, 0.3) is 5.91 Å². The first kappa shape index (κ1) is 20.4. The van der Waals surface area contributed by atoms with E-state index < -0.39 is 34.9 Å². The Morgan fingerprint density at radius 2 is 2.00 bits per heavy atom. The van der Waals surface area contributed by atoms with Crippen LogP contribution >= 0.6 is 0 Å². The number of carbonyl (C=O) groups excluding carboxylic acids is 1. The molecule has 0 aliphatic carbocycles. The van der Waals surface area contributed by atoms with Crippen LogP contribution in [0.25, 0.3) is 11.3 Å². The van der Waals surface area contributed by atoms with Gasteiger partial charge in [-0.3, -0.25) is 4.79 Å². The molecule has 0 unspecified atom stereocenters. The van der Waals surface area contributed by atoms with E-state index in [0.29, 0.717) is 18.2 Å². The molecule has 1 atom stereocenters. The van der Waals surface area contributed by atoms with Crippen LogP contribution in [-0.2, 0) is 11.0 Å². The molecule has 0 radical (unpaired) electrons. The number of amides is 1. The van der Waals surface area contributed by atoms with Crippen LogP contribution in [0.1, 0.15) is 28.0 Å². The lowest BCUT2D eigenvalue weighted by Gasteiger charge is -2.13. The number of aromatic carboxylic acids is 1.